The van der Waals surface area contributed by atoms with Gasteiger partial charge in [0.15, 0.2) is 11.6 Å². The van der Waals surface area contributed by atoms with E-state index < -0.39 is 6.04 Å². The Morgan fingerprint density at radius 1 is 0.900 bits per heavy atom. The first-order valence-electron chi connectivity index (χ1n) is 10.6. The van der Waals surface area contributed by atoms with Crippen LogP contribution in [0.4, 0.5) is 0 Å². The van der Waals surface area contributed by atoms with Crippen molar-refractivity contribution in [1.29, 1.82) is 0 Å². The lowest BCUT2D eigenvalue weighted by atomic mass is 9.92. The van der Waals surface area contributed by atoms with Crippen molar-refractivity contribution in [3.8, 4) is 0 Å². The van der Waals surface area contributed by atoms with Crippen molar-refractivity contribution in [3.05, 3.63) is 35.4 Å². The van der Waals surface area contributed by atoms with Gasteiger partial charge < -0.3 is 15.4 Å². The Morgan fingerprint density at radius 3 is 2.03 bits per heavy atom. The van der Waals surface area contributed by atoms with Crippen LogP contribution >= 0.6 is 0 Å². The van der Waals surface area contributed by atoms with Gasteiger partial charge in [-0.15, -0.1) is 0 Å². The quantitative estimate of drug-likeness (QED) is 0.357. The van der Waals surface area contributed by atoms with Gasteiger partial charge in [0.05, 0.1) is 19.3 Å². The zero-order valence-electron chi connectivity index (χ0n) is 18.5. The molecule has 0 heterocycles. The number of hydrogen-bond donors (Lipinski definition) is 2. The normalized spacial score (nSPS) is 11.8. The van der Waals surface area contributed by atoms with Crippen LogP contribution in [-0.2, 0) is 14.3 Å². The Kier molecular flexibility index (Phi) is 11.6. The summed E-state index contributed by atoms with van der Waals surface area (Å²) in [7, 11) is 0. The molecule has 1 rings (SSSR count). The van der Waals surface area contributed by atoms with Crippen molar-refractivity contribution in [3.63, 3.8) is 0 Å². The van der Waals surface area contributed by atoms with E-state index in [-0.39, 0.29) is 48.9 Å². The highest BCUT2D eigenvalue weighted by Gasteiger charge is 2.17. The van der Waals surface area contributed by atoms with Crippen molar-refractivity contribution in [1.82, 2.24) is 10.6 Å². The molecule has 1 aromatic carbocycles. The van der Waals surface area contributed by atoms with Crippen LogP contribution in [0.5, 0.6) is 0 Å². The molecule has 1 unspecified atom stereocenters. The lowest BCUT2D eigenvalue weighted by Gasteiger charge is -2.13. The van der Waals surface area contributed by atoms with Crippen molar-refractivity contribution in [2.45, 2.75) is 59.4 Å². The molecule has 30 heavy (non-hydrogen) atoms. The molecule has 1 aromatic rings. The van der Waals surface area contributed by atoms with Crippen LogP contribution in [0.15, 0.2) is 24.3 Å². The summed E-state index contributed by atoms with van der Waals surface area (Å²) in [6.07, 6.45) is 2.31. The minimum atomic E-state index is -0.451. The van der Waals surface area contributed by atoms with E-state index in [0.717, 1.165) is 12.8 Å². The highest BCUT2D eigenvalue weighted by Crippen LogP contribution is 2.16. The largest absolute Gasteiger partial charge is 0.379 e. The van der Waals surface area contributed by atoms with Crippen LogP contribution in [-0.4, -0.2) is 49.2 Å². The predicted octanol–water partition coefficient (Wildman–Crippen LogP) is 2.93. The molecule has 1 atom stereocenters. The molecule has 0 aliphatic rings. The number of carbonyl (C=O) groups is 4. The lowest BCUT2D eigenvalue weighted by Crippen LogP contribution is -2.39. The number of carbonyl (C=O) groups excluding carboxylic acids is 4. The molecule has 0 bridgehead atoms. The van der Waals surface area contributed by atoms with Crippen LogP contribution in [0, 0.1) is 5.92 Å². The lowest BCUT2D eigenvalue weighted by molar-refractivity contribution is -0.127. The van der Waals surface area contributed by atoms with Crippen molar-refractivity contribution < 1.29 is 23.9 Å². The summed E-state index contributed by atoms with van der Waals surface area (Å²) in [5.41, 5.74) is 1.10. The maximum absolute atomic E-state index is 12.4. The maximum atomic E-state index is 12.4. The van der Waals surface area contributed by atoms with E-state index in [0.29, 0.717) is 24.1 Å². The van der Waals surface area contributed by atoms with Crippen molar-refractivity contribution >= 4 is 23.4 Å². The Labute approximate surface area is 178 Å². The van der Waals surface area contributed by atoms with E-state index in [1.807, 2.05) is 20.8 Å². The van der Waals surface area contributed by atoms with E-state index in [1.165, 1.54) is 6.92 Å². The van der Waals surface area contributed by atoms with Gasteiger partial charge in [0.25, 0.3) is 5.91 Å². The fraction of sp³-hybridized carbons (Fsp3) is 0.565. The first-order chi connectivity index (χ1) is 14.3. The van der Waals surface area contributed by atoms with E-state index in [4.69, 9.17) is 4.74 Å². The van der Waals surface area contributed by atoms with Gasteiger partial charge in [-0.25, -0.2) is 0 Å². The van der Waals surface area contributed by atoms with Gasteiger partial charge in [0, 0.05) is 30.0 Å². The molecule has 2 amide bonds. The Bertz CT molecular complexity index is 711. The summed E-state index contributed by atoms with van der Waals surface area (Å²) in [6.45, 7) is 8.07. The average Bonchev–Trinajstić information content (AvgIpc) is 2.74. The molecule has 0 spiro atoms. The third-order valence-electron chi connectivity index (χ3n) is 5.03. The summed E-state index contributed by atoms with van der Waals surface area (Å²) >= 11 is 0. The molecule has 2 N–H and O–H groups in total. The fourth-order valence-corrected chi connectivity index (χ4v) is 3.04. The standard InChI is InChI=1S/C23H34N2O5/c1-5-17(6-2)22(28)18-8-10-19(11-9-18)23(29)24-13-15-30-14-12-21(27)25-20(7-3)16(4)26/h8-11,17,20H,5-7,12-15H2,1-4H3,(H,24,29)(H,25,27). The molecule has 166 valence electrons. The van der Waals surface area contributed by atoms with Gasteiger partial charge in [-0.1, -0.05) is 32.9 Å². The molecular formula is C23H34N2O5. The summed E-state index contributed by atoms with van der Waals surface area (Å²) in [5, 5.41) is 5.40. The van der Waals surface area contributed by atoms with E-state index in [2.05, 4.69) is 10.6 Å². The van der Waals surface area contributed by atoms with Gasteiger partial charge in [-0.3, -0.25) is 19.2 Å². The SMILES string of the molecule is CCC(CC)C(=O)c1ccc(C(=O)NCCOCCC(=O)NC(CC)C(C)=O)cc1. The summed E-state index contributed by atoms with van der Waals surface area (Å²) in [4.78, 5) is 47.6. The van der Waals surface area contributed by atoms with Crippen LogP contribution in [0.3, 0.4) is 0 Å². The van der Waals surface area contributed by atoms with Crippen LogP contribution in [0.1, 0.15) is 74.1 Å². The smallest absolute Gasteiger partial charge is 0.251 e. The molecule has 7 heteroatoms. The highest BCUT2D eigenvalue weighted by atomic mass is 16.5. The molecule has 0 aliphatic heterocycles. The van der Waals surface area contributed by atoms with Crippen molar-refractivity contribution in [2.24, 2.45) is 5.92 Å². The second-order valence-electron chi connectivity index (χ2n) is 7.21. The molecule has 7 nitrogen and oxygen atoms in total. The fourth-order valence-electron chi connectivity index (χ4n) is 3.04. The van der Waals surface area contributed by atoms with Crippen LogP contribution < -0.4 is 10.6 Å². The van der Waals surface area contributed by atoms with Gasteiger partial charge in [-0.05, 0) is 38.3 Å². The van der Waals surface area contributed by atoms with Crippen molar-refractivity contribution in [2.75, 3.05) is 19.8 Å². The number of Topliss-reactive ketones (excluding diaryl/α,β-unsaturated/α-hetero) is 2. The van der Waals surface area contributed by atoms with E-state index >= 15 is 0 Å². The zero-order chi connectivity index (χ0) is 22.5. The Hall–Kier alpha value is -2.54. The molecular weight excluding hydrogens is 384 g/mol. The van der Waals surface area contributed by atoms with E-state index in [9.17, 15) is 19.2 Å². The third kappa shape index (κ3) is 8.45. The third-order valence-corrected chi connectivity index (χ3v) is 5.03. The Morgan fingerprint density at radius 2 is 1.50 bits per heavy atom. The second-order valence-corrected chi connectivity index (χ2v) is 7.21. The maximum Gasteiger partial charge on any atom is 0.251 e. The number of rotatable bonds is 14. The van der Waals surface area contributed by atoms with Gasteiger partial charge >= 0.3 is 0 Å². The number of ether oxygens (including phenoxy) is 1. The monoisotopic (exact) mass is 418 g/mol. The summed E-state index contributed by atoms with van der Waals surface area (Å²) < 4.78 is 5.36. The van der Waals surface area contributed by atoms with Gasteiger partial charge in [0.2, 0.25) is 5.91 Å². The highest BCUT2D eigenvalue weighted by molar-refractivity contribution is 5.99. The zero-order valence-corrected chi connectivity index (χ0v) is 18.5. The number of benzene rings is 1. The van der Waals surface area contributed by atoms with Gasteiger partial charge in [0.1, 0.15) is 0 Å². The predicted molar refractivity (Wildman–Crippen MR) is 116 cm³/mol. The number of amides is 2. The number of nitrogens with one attached hydrogen (secondary N) is 2. The Balaban J connectivity index is 2.31. The molecule has 0 aromatic heterocycles. The molecule has 0 fully saturated rings. The molecule has 0 saturated carbocycles. The van der Waals surface area contributed by atoms with E-state index in [1.54, 1.807) is 24.3 Å². The minimum absolute atomic E-state index is 0.0132. The topological polar surface area (TPSA) is 102 Å². The second kappa shape index (κ2) is 13.6. The summed E-state index contributed by atoms with van der Waals surface area (Å²) in [6, 6.07) is 6.23. The van der Waals surface area contributed by atoms with Crippen LogP contribution in [0.2, 0.25) is 0 Å². The summed E-state index contributed by atoms with van der Waals surface area (Å²) in [5.74, 6) is -0.422. The number of hydrogen-bond acceptors (Lipinski definition) is 5. The average molecular weight is 419 g/mol. The molecule has 0 saturated heterocycles. The van der Waals surface area contributed by atoms with Gasteiger partial charge in [-0.2, -0.15) is 0 Å². The molecule has 0 radical (unpaired) electrons. The first-order valence-corrected chi connectivity index (χ1v) is 10.6. The minimum Gasteiger partial charge on any atom is -0.379 e. The molecule has 0 aliphatic carbocycles. The van der Waals surface area contributed by atoms with Crippen LogP contribution in [0.25, 0.3) is 0 Å². The number of ketones is 2. The first kappa shape index (κ1) is 25.5.